The van der Waals surface area contributed by atoms with Crippen LogP contribution < -0.4 is 5.32 Å². The Kier molecular flexibility index (Phi) is 6.35. The van der Waals surface area contributed by atoms with Gasteiger partial charge in [-0.05, 0) is 33.7 Å². The highest BCUT2D eigenvalue weighted by molar-refractivity contribution is 4.76. The van der Waals surface area contributed by atoms with E-state index in [1.54, 1.807) is 0 Å². The fourth-order valence-electron chi connectivity index (χ4n) is 1.58. The van der Waals surface area contributed by atoms with Crippen LogP contribution >= 0.6 is 0 Å². The van der Waals surface area contributed by atoms with Gasteiger partial charge in [-0.1, -0.05) is 20.3 Å². The van der Waals surface area contributed by atoms with Gasteiger partial charge >= 0.3 is 0 Å². The molecule has 1 N–H and O–H groups in total. The van der Waals surface area contributed by atoms with Gasteiger partial charge in [-0.25, -0.2) is 0 Å². The number of hydrogen-bond acceptors (Lipinski definition) is 2. The summed E-state index contributed by atoms with van der Waals surface area (Å²) < 4.78 is 6.01. The molecule has 0 aromatic heterocycles. The molecule has 13 heavy (non-hydrogen) atoms. The highest BCUT2D eigenvalue weighted by Crippen LogP contribution is 2.18. The summed E-state index contributed by atoms with van der Waals surface area (Å²) >= 11 is 0. The topological polar surface area (TPSA) is 21.3 Å². The quantitative estimate of drug-likeness (QED) is 0.661. The first-order chi connectivity index (χ1) is 6.08. The molecule has 0 spiro atoms. The lowest BCUT2D eigenvalue weighted by atomic mass is 10.0. The number of ether oxygens (including phenoxy) is 1. The Balaban J connectivity index is 3.93. The van der Waals surface area contributed by atoms with E-state index < -0.39 is 0 Å². The molecule has 2 atom stereocenters. The fourth-order valence-corrected chi connectivity index (χ4v) is 1.58. The Bertz CT molecular complexity index is 127. The minimum Gasteiger partial charge on any atom is -0.371 e. The van der Waals surface area contributed by atoms with Crippen molar-refractivity contribution in [2.45, 2.75) is 58.7 Å². The van der Waals surface area contributed by atoms with Crippen LogP contribution in [0, 0.1) is 0 Å². The zero-order valence-electron chi connectivity index (χ0n) is 9.81. The predicted octanol–water partition coefficient (Wildman–Crippen LogP) is 2.58. The second kappa shape index (κ2) is 6.39. The summed E-state index contributed by atoms with van der Waals surface area (Å²) in [6.07, 6.45) is 3.78. The van der Waals surface area contributed by atoms with E-state index in [1.165, 1.54) is 6.42 Å². The number of rotatable bonds is 7. The van der Waals surface area contributed by atoms with Crippen LogP contribution in [-0.4, -0.2) is 25.3 Å². The van der Waals surface area contributed by atoms with Crippen LogP contribution in [0.5, 0.6) is 0 Å². The minimum absolute atomic E-state index is 0.00331. The molecule has 0 saturated heterocycles. The van der Waals surface area contributed by atoms with Gasteiger partial charge < -0.3 is 10.1 Å². The number of hydrogen-bond donors (Lipinski definition) is 1. The Labute approximate surface area is 83.1 Å². The molecule has 0 fully saturated rings. The van der Waals surface area contributed by atoms with Crippen molar-refractivity contribution in [3.8, 4) is 0 Å². The first kappa shape index (κ1) is 12.9. The van der Waals surface area contributed by atoms with Crippen LogP contribution in [-0.2, 0) is 4.74 Å². The molecule has 2 heteroatoms. The molecule has 0 radical (unpaired) electrons. The van der Waals surface area contributed by atoms with E-state index in [1.807, 2.05) is 7.05 Å². The van der Waals surface area contributed by atoms with E-state index in [2.05, 4.69) is 33.0 Å². The SMILES string of the molecule is CCCC(C)OC(C)(CC)CNC. The van der Waals surface area contributed by atoms with Crippen LogP contribution in [0.2, 0.25) is 0 Å². The molecule has 0 aliphatic carbocycles. The first-order valence-electron chi connectivity index (χ1n) is 5.40. The van der Waals surface area contributed by atoms with Crippen molar-refractivity contribution in [2.24, 2.45) is 0 Å². The molecule has 0 rings (SSSR count). The van der Waals surface area contributed by atoms with Crippen molar-refractivity contribution in [3.05, 3.63) is 0 Å². The maximum absolute atomic E-state index is 6.01. The van der Waals surface area contributed by atoms with Gasteiger partial charge in [0.2, 0.25) is 0 Å². The van der Waals surface area contributed by atoms with Crippen molar-refractivity contribution < 1.29 is 4.74 Å². The van der Waals surface area contributed by atoms with Gasteiger partial charge in [0.25, 0.3) is 0 Å². The van der Waals surface area contributed by atoms with Crippen molar-refractivity contribution in [1.82, 2.24) is 5.32 Å². The third-order valence-corrected chi connectivity index (χ3v) is 2.48. The van der Waals surface area contributed by atoms with Crippen molar-refractivity contribution in [2.75, 3.05) is 13.6 Å². The van der Waals surface area contributed by atoms with E-state index >= 15 is 0 Å². The van der Waals surface area contributed by atoms with Crippen LogP contribution in [0.4, 0.5) is 0 Å². The molecule has 2 unspecified atom stereocenters. The lowest BCUT2D eigenvalue weighted by molar-refractivity contribution is -0.0779. The summed E-state index contributed by atoms with van der Waals surface area (Å²) in [5, 5.41) is 3.18. The lowest BCUT2D eigenvalue weighted by Gasteiger charge is -2.32. The van der Waals surface area contributed by atoms with Gasteiger partial charge in [-0.2, -0.15) is 0 Å². The molecule has 0 aromatic rings. The van der Waals surface area contributed by atoms with Gasteiger partial charge in [0, 0.05) is 6.54 Å². The monoisotopic (exact) mass is 187 g/mol. The largest absolute Gasteiger partial charge is 0.371 e. The Hall–Kier alpha value is -0.0800. The summed E-state index contributed by atoms with van der Waals surface area (Å²) in [6, 6.07) is 0. The van der Waals surface area contributed by atoms with Gasteiger partial charge in [-0.15, -0.1) is 0 Å². The van der Waals surface area contributed by atoms with Gasteiger partial charge in [0.1, 0.15) is 0 Å². The zero-order valence-corrected chi connectivity index (χ0v) is 9.81. The smallest absolute Gasteiger partial charge is 0.0779 e. The molecule has 0 bridgehead atoms. The molecular formula is C11H25NO. The van der Waals surface area contributed by atoms with E-state index in [0.717, 1.165) is 19.4 Å². The molecule has 0 saturated carbocycles. The lowest BCUT2D eigenvalue weighted by Crippen LogP contribution is -2.40. The van der Waals surface area contributed by atoms with Crippen molar-refractivity contribution >= 4 is 0 Å². The molecule has 0 amide bonds. The predicted molar refractivity (Wildman–Crippen MR) is 58.1 cm³/mol. The Morgan fingerprint density at radius 2 is 2.00 bits per heavy atom. The molecule has 2 nitrogen and oxygen atoms in total. The van der Waals surface area contributed by atoms with E-state index in [4.69, 9.17) is 4.74 Å². The van der Waals surface area contributed by atoms with Gasteiger partial charge in [-0.3, -0.25) is 0 Å². The minimum atomic E-state index is 0.00331. The van der Waals surface area contributed by atoms with Crippen molar-refractivity contribution in [1.29, 1.82) is 0 Å². The third kappa shape index (κ3) is 5.27. The van der Waals surface area contributed by atoms with Crippen LogP contribution in [0.25, 0.3) is 0 Å². The maximum Gasteiger partial charge on any atom is 0.0779 e. The molecule has 0 aliphatic rings. The molecule has 0 aliphatic heterocycles. The van der Waals surface area contributed by atoms with Gasteiger partial charge in [0.15, 0.2) is 0 Å². The Morgan fingerprint density at radius 3 is 2.38 bits per heavy atom. The summed E-state index contributed by atoms with van der Waals surface area (Å²) in [5.74, 6) is 0. The summed E-state index contributed by atoms with van der Waals surface area (Å²) in [6.45, 7) is 9.64. The summed E-state index contributed by atoms with van der Waals surface area (Å²) in [5.41, 5.74) is 0.00331. The highest BCUT2D eigenvalue weighted by Gasteiger charge is 2.23. The normalized spacial score (nSPS) is 18.2. The highest BCUT2D eigenvalue weighted by atomic mass is 16.5. The van der Waals surface area contributed by atoms with Crippen molar-refractivity contribution in [3.63, 3.8) is 0 Å². The second-order valence-corrected chi connectivity index (χ2v) is 4.05. The second-order valence-electron chi connectivity index (χ2n) is 4.05. The third-order valence-electron chi connectivity index (χ3n) is 2.48. The first-order valence-corrected chi connectivity index (χ1v) is 5.40. The van der Waals surface area contributed by atoms with E-state index in [-0.39, 0.29) is 5.60 Å². The number of nitrogens with one attached hydrogen (secondary N) is 1. The average Bonchev–Trinajstić information content (AvgIpc) is 2.05. The zero-order chi connectivity index (χ0) is 10.3. The Morgan fingerprint density at radius 1 is 1.38 bits per heavy atom. The average molecular weight is 187 g/mol. The van der Waals surface area contributed by atoms with Crippen LogP contribution in [0.1, 0.15) is 47.0 Å². The summed E-state index contributed by atoms with van der Waals surface area (Å²) in [7, 11) is 1.97. The maximum atomic E-state index is 6.01. The standard InChI is InChI=1S/C11H25NO/c1-6-8-10(3)13-11(4,7-2)9-12-5/h10,12H,6-9H2,1-5H3. The number of likely N-dealkylation sites (N-methyl/N-ethyl adjacent to an activating group) is 1. The molecule has 0 aromatic carbocycles. The van der Waals surface area contributed by atoms with E-state index in [0.29, 0.717) is 6.10 Å². The summed E-state index contributed by atoms with van der Waals surface area (Å²) in [4.78, 5) is 0. The van der Waals surface area contributed by atoms with E-state index in [9.17, 15) is 0 Å². The van der Waals surface area contributed by atoms with Crippen LogP contribution in [0.3, 0.4) is 0 Å². The fraction of sp³-hybridized carbons (Fsp3) is 1.00. The molecular weight excluding hydrogens is 162 g/mol. The van der Waals surface area contributed by atoms with Crippen LogP contribution in [0.15, 0.2) is 0 Å². The van der Waals surface area contributed by atoms with Gasteiger partial charge in [0.05, 0.1) is 11.7 Å². The molecule has 0 heterocycles. The molecule has 80 valence electrons.